The summed E-state index contributed by atoms with van der Waals surface area (Å²) < 4.78 is 15.9. The molecular formula is C17H26N2O4. The number of hydrogen-bond donors (Lipinski definition) is 1. The fraction of sp³-hybridized carbons (Fsp3) is 0.588. The lowest BCUT2D eigenvalue weighted by Crippen LogP contribution is -2.47. The van der Waals surface area contributed by atoms with E-state index in [2.05, 4.69) is 0 Å². The van der Waals surface area contributed by atoms with E-state index in [0.717, 1.165) is 24.2 Å². The highest BCUT2D eigenvalue weighted by Crippen LogP contribution is 2.26. The molecule has 23 heavy (non-hydrogen) atoms. The summed E-state index contributed by atoms with van der Waals surface area (Å²) in [7, 11) is 4.98. The number of nitrogens with two attached hydrogens (primary N) is 1. The van der Waals surface area contributed by atoms with E-state index in [1.165, 1.54) is 0 Å². The summed E-state index contributed by atoms with van der Waals surface area (Å²) in [6.07, 6.45) is 1.68. The van der Waals surface area contributed by atoms with Gasteiger partial charge in [-0.05, 0) is 30.9 Å². The molecule has 1 heterocycles. The number of likely N-dealkylation sites (N-methyl/N-ethyl adjacent to an activating group) is 1. The second kappa shape index (κ2) is 8.17. The van der Waals surface area contributed by atoms with Gasteiger partial charge in [0.25, 0.3) is 0 Å². The Hall–Kier alpha value is -1.79. The van der Waals surface area contributed by atoms with Gasteiger partial charge in [-0.2, -0.15) is 0 Å². The maximum absolute atomic E-state index is 12.6. The molecule has 0 aliphatic carbocycles. The van der Waals surface area contributed by atoms with Crippen molar-refractivity contribution in [3.05, 3.63) is 23.8 Å². The minimum Gasteiger partial charge on any atom is -0.497 e. The Labute approximate surface area is 137 Å². The van der Waals surface area contributed by atoms with Crippen LogP contribution in [0.5, 0.6) is 11.5 Å². The van der Waals surface area contributed by atoms with Crippen LogP contribution in [0.15, 0.2) is 18.2 Å². The van der Waals surface area contributed by atoms with Crippen molar-refractivity contribution in [1.82, 2.24) is 4.90 Å². The van der Waals surface area contributed by atoms with Gasteiger partial charge in [0.15, 0.2) is 0 Å². The number of amides is 1. The van der Waals surface area contributed by atoms with Crippen LogP contribution in [0.1, 0.15) is 18.4 Å². The number of carbonyl (C=O) groups excluding carboxylic acids is 1. The van der Waals surface area contributed by atoms with Gasteiger partial charge in [-0.15, -0.1) is 0 Å². The second-order valence-corrected chi connectivity index (χ2v) is 5.85. The van der Waals surface area contributed by atoms with Crippen molar-refractivity contribution in [2.45, 2.75) is 25.4 Å². The molecule has 1 amide bonds. The average Bonchev–Trinajstić information content (AvgIpc) is 2.61. The molecule has 1 aliphatic heterocycles. The predicted octanol–water partition coefficient (Wildman–Crippen LogP) is 1.42. The molecule has 2 rings (SSSR count). The van der Waals surface area contributed by atoms with Crippen molar-refractivity contribution in [3.63, 3.8) is 0 Å². The molecule has 6 nitrogen and oxygen atoms in total. The van der Waals surface area contributed by atoms with Crippen LogP contribution >= 0.6 is 0 Å². The predicted molar refractivity (Wildman–Crippen MR) is 87.5 cm³/mol. The molecule has 6 heteroatoms. The highest BCUT2D eigenvalue weighted by atomic mass is 16.5. The van der Waals surface area contributed by atoms with Gasteiger partial charge < -0.3 is 24.8 Å². The Kier molecular flexibility index (Phi) is 6.24. The zero-order valence-corrected chi connectivity index (χ0v) is 14.1. The Bertz CT molecular complexity index is 529. The Morgan fingerprint density at radius 2 is 2.04 bits per heavy atom. The lowest BCUT2D eigenvalue weighted by atomic mass is 9.91. The first-order valence-corrected chi connectivity index (χ1v) is 7.86. The molecule has 0 aromatic heterocycles. The number of rotatable bonds is 6. The number of hydrogen-bond acceptors (Lipinski definition) is 5. The third kappa shape index (κ3) is 4.36. The van der Waals surface area contributed by atoms with E-state index in [-0.39, 0.29) is 11.8 Å². The molecule has 1 fully saturated rings. The summed E-state index contributed by atoms with van der Waals surface area (Å²) in [6.45, 7) is 1.81. The maximum atomic E-state index is 12.6. The number of ether oxygens (including phenoxy) is 3. The lowest BCUT2D eigenvalue weighted by molar-refractivity contribution is -0.133. The maximum Gasteiger partial charge on any atom is 0.239 e. The van der Waals surface area contributed by atoms with Gasteiger partial charge in [-0.3, -0.25) is 4.79 Å². The van der Waals surface area contributed by atoms with Crippen molar-refractivity contribution < 1.29 is 19.0 Å². The highest BCUT2D eigenvalue weighted by Gasteiger charge is 2.28. The fourth-order valence-corrected chi connectivity index (χ4v) is 2.85. The summed E-state index contributed by atoms with van der Waals surface area (Å²) in [5.41, 5.74) is 7.08. The summed E-state index contributed by atoms with van der Waals surface area (Å²) in [5, 5.41) is 0. The first kappa shape index (κ1) is 17.6. The Morgan fingerprint density at radius 3 is 2.65 bits per heavy atom. The molecule has 0 radical (unpaired) electrons. The topological polar surface area (TPSA) is 74.0 Å². The number of methoxy groups -OCH3 is 2. The van der Waals surface area contributed by atoms with Crippen LogP contribution in [0.3, 0.4) is 0 Å². The Morgan fingerprint density at radius 1 is 1.35 bits per heavy atom. The summed E-state index contributed by atoms with van der Waals surface area (Å²) in [6, 6.07) is 5.09. The van der Waals surface area contributed by atoms with Crippen LogP contribution in [0.2, 0.25) is 0 Å². The van der Waals surface area contributed by atoms with Gasteiger partial charge >= 0.3 is 0 Å². The van der Waals surface area contributed by atoms with Crippen molar-refractivity contribution in [2.75, 3.05) is 34.5 Å². The molecule has 1 aromatic carbocycles. The van der Waals surface area contributed by atoms with Crippen molar-refractivity contribution in [2.24, 2.45) is 11.7 Å². The minimum atomic E-state index is -0.479. The van der Waals surface area contributed by atoms with Gasteiger partial charge in [-0.1, -0.05) is 0 Å². The number of carbonyl (C=O) groups is 1. The summed E-state index contributed by atoms with van der Waals surface area (Å²) >= 11 is 0. The standard InChI is InChI=1S/C17H26N2O4/c1-19(17(20)16(18)12-6-8-23-9-7-12)11-13-4-5-14(21-2)10-15(13)22-3/h4-5,10,12,16H,6-9,11,18H2,1-3H3. The van der Waals surface area contributed by atoms with E-state index in [1.807, 2.05) is 18.2 Å². The molecule has 128 valence electrons. The van der Waals surface area contributed by atoms with E-state index < -0.39 is 6.04 Å². The highest BCUT2D eigenvalue weighted by molar-refractivity contribution is 5.81. The van der Waals surface area contributed by atoms with Crippen LogP contribution < -0.4 is 15.2 Å². The molecule has 0 bridgehead atoms. The molecule has 1 atom stereocenters. The van der Waals surface area contributed by atoms with Crippen LogP contribution in [0, 0.1) is 5.92 Å². The van der Waals surface area contributed by atoms with Gasteiger partial charge in [0, 0.05) is 38.4 Å². The van der Waals surface area contributed by atoms with Crippen LogP contribution in [-0.4, -0.2) is 51.3 Å². The van der Waals surface area contributed by atoms with Gasteiger partial charge in [-0.25, -0.2) is 0 Å². The smallest absolute Gasteiger partial charge is 0.239 e. The SMILES string of the molecule is COc1ccc(CN(C)C(=O)C(N)C2CCOCC2)c(OC)c1. The van der Waals surface area contributed by atoms with Crippen LogP contribution in [0.4, 0.5) is 0 Å². The third-order valence-corrected chi connectivity index (χ3v) is 4.34. The van der Waals surface area contributed by atoms with E-state index in [0.29, 0.717) is 25.5 Å². The molecule has 1 aromatic rings. The molecule has 1 saturated heterocycles. The summed E-state index contributed by atoms with van der Waals surface area (Å²) in [4.78, 5) is 14.2. The van der Waals surface area contributed by atoms with Crippen LogP contribution in [-0.2, 0) is 16.1 Å². The molecule has 1 aliphatic rings. The van der Waals surface area contributed by atoms with Gasteiger partial charge in [0.2, 0.25) is 5.91 Å². The quantitative estimate of drug-likeness (QED) is 0.857. The fourth-order valence-electron chi connectivity index (χ4n) is 2.85. The first-order valence-electron chi connectivity index (χ1n) is 7.86. The van der Waals surface area contributed by atoms with Crippen molar-refractivity contribution in [1.29, 1.82) is 0 Å². The van der Waals surface area contributed by atoms with Crippen molar-refractivity contribution >= 4 is 5.91 Å². The number of nitrogens with zero attached hydrogens (tertiary/aromatic N) is 1. The van der Waals surface area contributed by atoms with Crippen molar-refractivity contribution in [3.8, 4) is 11.5 Å². The van der Waals surface area contributed by atoms with Crippen LogP contribution in [0.25, 0.3) is 0 Å². The van der Waals surface area contributed by atoms with E-state index in [9.17, 15) is 4.79 Å². The van der Waals surface area contributed by atoms with E-state index >= 15 is 0 Å². The minimum absolute atomic E-state index is 0.0465. The summed E-state index contributed by atoms with van der Waals surface area (Å²) in [5.74, 6) is 1.56. The second-order valence-electron chi connectivity index (χ2n) is 5.85. The molecular weight excluding hydrogens is 296 g/mol. The molecule has 0 spiro atoms. The largest absolute Gasteiger partial charge is 0.497 e. The molecule has 2 N–H and O–H groups in total. The molecule has 0 saturated carbocycles. The first-order chi connectivity index (χ1) is 11.1. The number of benzene rings is 1. The van der Waals surface area contributed by atoms with E-state index in [4.69, 9.17) is 19.9 Å². The molecule has 1 unspecified atom stereocenters. The monoisotopic (exact) mass is 322 g/mol. The van der Waals surface area contributed by atoms with E-state index in [1.54, 1.807) is 26.2 Å². The van der Waals surface area contributed by atoms with Gasteiger partial charge in [0.05, 0.1) is 20.3 Å². The zero-order chi connectivity index (χ0) is 16.8. The van der Waals surface area contributed by atoms with Gasteiger partial charge in [0.1, 0.15) is 11.5 Å². The third-order valence-electron chi connectivity index (χ3n) is 4.34. The Balaban J connectivity index is 2.02. The zero-order valence-electron chi connectivity index (χ0n) is 14.1. The lowest BCUT2D eigenvalue weighted by Gasteiger charge is -2.30. The normalized spacial score (nSPS) is 16.7. The average molecular weight is 322 g/mol.